The summed E-state index contributed by atoms with van der Waals surface area (Å²) in [6, 6.07) is 9.65. The third kappa shape index (κ3) is 6.71. The van der Waals surface area contributed by atoms with Crippen molar-refractivity contribution < 1.29 is 31.1 Å². The summed E-state index contributed by atoms with van der Waals surface area (Å²) in [4.78, 5) is 19.9. The van der Waals surface area contributed by atoms with Crippen molar-refractivity contribution in [2.45, 2.75) is 25.9 Å². The van der Waals surface area contributed by atoms with Crippen LogP contribution < -0.4 is 19.7 Å². The van der Waals surface area contributed by atoms with Crippen LogP contribution in [-0.4, -0.2) is 51.8 Å². The standard InChI is InChI=1S/C25H28F3N5O4S/c1-15-6-7-16(21(12-15)33(3)38(5,35)36)8-10-19-18(25(26,27)28)14-30-24(31-19)32-20-11-9-17(23(34)29-2)13-22(20)37-4/h6-7,9,11-14H,8,10H2,1-5H3,(H,29,34)(H,30,31,32). The van der Waals surface area contributed by atoms with Gasteiger partial charge in [0.1, 0.15) is 5.75 Å². The molecular weight excluding hydrogens is 523 g/mol. The minimum absolute atomic E-state index is 0.0964. The number of benzene rings is 2. The van der Waals surface area contributed by atoms with Crippen molar-refractivity contribution in [1.29, 1.82) is 0 Å². The topological polar surface area (TPSA) is 114 Å². The number of anilines is 3. The summed E-state index contributed by atoms with van der Waals surface area (Å²) < 4.78 is 72.0. The third-order valence-electron chi connectivity index (χ3n) is 5.82. The largest absolute Gasteiger partial charge is 0.495 e. The molecule has 0 bridgehead atoms. The number of methoxy groups -OCH3 is 1. The number of carbonyl (C=O) groups excluding carboxylic acids is 1. The summed E-state index contributed by atoms with van der Waals surface area (Å²) in [7, 11) is 0.678. The Labute approximate surface area is 219 Å². The molecule has 3 aromatic rings. The van der Waals surface area contributed by atoms with Gasteiger partial charge in [-0.1, -0.05) is 12.1 Å². The number of nitrogens with zero attached hydrogens (tertiary/aromatic N) is 3. The molecule has 2 N–H and O–H groups in total. The molecule has 0 saturated heterocycles. The van der Waals surface area contributed by atoms with E-state index < -0.39 is 21.8 Å². The summed E-state index contributed by atoms with van der Waals surface area (Å²) in [6.07, 6.45) is -2.97. The van der Waals surface area contributed by atoms with Crippen LogP contribution in [0.3, 0.4) is 0 Å². The first kappa shape index (κ1) is 28.7. The van der Waals surface area contributed by atoms with Crippen molar-refractivity contribution >= 4 is 33.3 Å². The van der Waals surface area contributed by atoms with E-state index in [0.29, 0.717) is 28.7 Å². The average Bonchev–Trinajstić information content (AvgIpc) is 2.86. The molecule has 2 aromatic carbocycles. The molecule has 3 rings (SSSR count). The maximum absolute atomic E-state index is 13.8. The monoisotopic (exact) mass is 551 g/mol. The van der Waals surface area contributed by atoms with Gasteiger partial charge >= 0.3 is 6.18 Å². The number of amides is 1. The van der Waals surface area contributed by atoms with E-state index in [2.05, 4.69) is 20.6 Å². The lowest BCUT2D eigenvalue weighted by atomic mass is 10.0. The molecular formula is C25H28F3N5O4S. The number of rotatable bonds is 9. The first-order valence-corrected chi connectivity index (χ1v) is 13.2. The third-order valence-corrected chi connectivity index (χ3v) is 7.01. The first-order valence-electron chi connectivity index (χ1n) is 11.4. The Hall–Kier alpha value is -3.87. The lowest BCUT2D eigenvalue weighted by molar-refractivity contribution is -0.138. The highest BCUT2D eigenvalue weighted by molar-refractivity contribution is 7.92. The number of aryl methyl sites for hydroxylation is 3. The second-order valence-electron chi connectivity index (χ2n) is 8.53. The van der Waals surface area contributed by atoms with Gasteiger partial charge in [-0.15, -0.1) is 0 Å². The van der Waals surface area contributed by atoms with Gasteiger partial charge < -0.3 is 15.4 Å². The number of ether oxygens (including phenoxy) is 1. The predicted octanol–water partition coefficient (Wildman–Crippen LogP) is 4.10. The normalized spacial score (nSPS) is 11.7. The molecule has 0 spiro atoms. The van der Waals surface area contributed by atoms with Crippen LogP contribution in [0.15, 0.2) is 42.6 Å². The minimum atomic E-state index is -4.69. The number of hydrogen-bond acceptors (Lipinski definition) is 7. The fourth-order valence-electron chi connectivity index (χ4n) is 3.72. The number of alkyl halides is 3. The highest BCUT2D eigenvalue weighted by atomic mass is 32.2. The first-order chi connectivity index (χ1) is 17.7. The van der Waals surface area contributed by atoms with E-state index in [1.807, 2.05) is 0 Å². The lowest BCUT2D eigenvalue weighted by Gasteiger charge is -2.21. The van der Waals surface area contributed by atoms with Crippen LogP contribution in [0.25, 0.3) is 0 Å². The smallest absolute Gasteiger partial charge is 0.419 e. The van der Waals surface area contributed by atoms with Crippen molar-refractivity contribution in [3.05, 3.63) is 70.5 Å². The summed E-state index contributed by atoms with van der Waals surface area (Å²) in [5, 5.41) is 5.34. The molecule has 0 radical (unpaired) electrons. The fraction of sp³-hybridized carbons (Fsp3) is 0.320. The summed E-state index contributed by atoms with van der Waals surface area (Å²) >= 11 is 0. The average molecular weight is 552 g/mol. The zero-order chi connectivity index (χ0) is 28.3. The molecule has 0 unspecified atom stereocenters. The Morgan fingerprint density at radius 1 is 1.13 bits per heavy atom. The summed E-state index contributed by atoms with van der Waals surface area (Å²) in [5.74, 6) is -0.166. The second-order valence-corrected chi connectivity index (χ2v) is 10.5. The molecule has 0 aliphatic heterocycles. The van der Waals surface area contributed by atoms with Gasteiger partial charge in [-0.3, -0.25) is 9.10 Å². The van der Waals surface area contributed by atoms with E-state index >= 15 is 0 Å². The van der Waals surface area contributed by atoms with Crippen LogP contribution in [-0.2, 0) is 29.0 Å². The van der Waals surface area contributed by atoms with E-state index in [-0.39, 0.29) is 36.1 Å². The van der Waals surface area contributed by atoms with Gasteiger partial charge in [0.15, 0.2) is 0 Å². The molecule has 13 heteroatoms. The van der Waals surface area contributed by atoms with Crippen LogP contribution in [0.5, 0.6) is 5.75 Å². The number of nitrogens with one attached hydrogen (secondary N) is 2. The minimum Gasteiger partial charge on any atom is -0.495 e. The molecule has 1 aromatic heterocycles. The molecule has 0 aliphatic rings. The lowest BCUT2D eigenvalue weighted by Crippen LogP contribution is -2.26. The molecule has 0 fully saturated rings. The van der Waals surface area contributed by atoms with E-state index in [4.69, 9.17) is 4.74 Å². The van der Waals surface area contributed by atoms with Crippen LogP contribution in [0.2, 0.25) is 0 Å². The summed E-state index contributed by atoms with van der Waals surface area (Å²) in [6.45, 7) is 1.79. The van der Waals surface area contributed by atoms with Crippen LogP contribution in [0, 0.1) is 6.92 Å². The van der Waals surface area contributed by atoms with Gasteiger partial charge in [0.25, 0.3) is 5.91 Å². The number of aromatic nitrogens is 2. The fourth-order valence-corrected chi connectivity index (χ4v) is 4.24. The number of sulfonamides is 1. The van der Waals surface area contributed by atoms with E-state index in [0.717, 1.165) is 16.1 Å². The van der Waals surface area contributed by atoms with Crippen molar-refractivity contribution in [3.63, 3.8) is 0 Å². The number of hydrogen-bond donors (Lipinski definition) is 2. The van der Waals surface area contributed by atoms with Crippen LogP contribution >= 0.6 is 0 Å². The molecule has 1 amide bonds. The highest BCUT2D eigenvalue weighted by Crippen LogP contribution is 2.34. The van der Waals surface area contributed by atoms with Gasteiger partial charge in [0.2, 0.25) is 16.0 Å². The van der Waals surface area contributed by atoms with E-state index in [1.165, 1.54) is 39.4 Å². The molecule has 38 heavy (non-hydrogen) atoms. The maximum Gasteiger partial charge on any atom is 0.419 e. The zero-order valence-corrected chi connectivity index (χ0v) is 22.3. The Balaban J connectivity index is 1.96. The highest BCUT2D eigenvalue weighted by Gasteiger charge is 2.35. The van der Waals surface area contributed by atoms with Crippen LogP contribution in [0.4, 0.5) is 30.5 Å². The van der Waals surface area contributed by atoms with Crippen molar-refractivity contribution in [2.24, 2.45) is 0 Å². The van der Waals surface area contributed by atoms with Gasteiger partial charge in [0, 0.05) is 25.9 Å². The maximum atomic E-state index is 13.8. The Kier molecular flexibility index (Phi) is 8.50. The Morgan fingerprint density at radius 3 is 2.45 bits per heavy atom. The Morgan fingerprint density at radius 2 is 1.84 bits per heavy atom. The van der Waals surface area contributed by atoms with Crippen molar-refractivity contribution in [2.75, 3.05) is 37.1 Å². The molecule has 0 aliphatic carbocycles. The zero-order valence-electron chi connectivity index (χ0n) is 21.5. The van der Waals surface area contributed by atoms with Gasteiger partial charge in [0.05, 0.1) is 36.0 Å². The van der Waals surface area contributed by atoms with Crippen molar-refractivity contribution in [1.82, 2.24) is 15.3 Å². The Bertz CT molecular complexity index is 1450. The van der Waals surface area contributed by atoms with Crippen LogP contribution in [0.1, 0.15) is 32.7 Å². The predicted molar refractivity (Wildman–Crippen MR) is 139 cm³/mol. The van der Waals surface area contributed by atoms with E-state index in [1.54, 1.807) is 25.1 Å². The van der Waals surface area contributed by atoms with E-state index in [9.17, 15) is 26.4 Å². The quantitative estimate of drug-likeness (QED) is 0.412. The molecule has 9 nitrogen and oxygen atoms in total. The van der Waals surface area contributed by atoms with Gasteiger partial charge in [-0.25, -0.2) is 18.4 Å². The molecule has 1 heterocycles. The summed E-state index contributed by atoms with van der Waals surface area (Å²) in [5.41, 5.74) is 1.17. The number of carbonyl (C=O) groups is 1. The second kappa shape index (κ2) is 11.3. The van der Waals surface area contributed by atoms with Crippen molar-refractivity contribution in [3.8, 4) is 5.75 Å². The van der Waals surface area contributed by atoms with Gasteiger partial charge in [-0.05, 0) is 55.2 Å². The molecule has 0 atom stereocenters. The molecule has 204 valence electrons. The van der Waals surface area contributed by atoms with Gasteiger partial charge in [-0.2, -0.15) is 13.2 Å². The number of halogens is 3. The SMILES string of the molecule is CNC(=O)c1ccc(Nc2ncc(C(F)(F)F)c(CCc3ccc(C)cc3N(C)S(C)(=O)=O)n2)c(OC)c1. The molecule has 0 saturated carbocycles.